The molecule has 2 unspecified atom stereocenters. The fraction of sp³-hybridized carbons (Fsp3) is 0.500. The van der Waals surface area contributed by atoms with Crippen LogP contribution in [0, 0.1) is 12.8 Å². The van der Waals surface area contributed by atoms with Gasteiger partial charge in [-0.15, -0.1) is 11.3 Å². The van der Waals surface area contributed by atoms with E-state index in [2.05, 4.69) is 22.9 Å². The van der Waals surface area contributed by atoms with Crippen molar-refractivity contribution in [3.63, 3.8) is 0 Å². The number of hydrogen-bond donors (Lipinski definition) is 1. The Bertz CT molecular complexity index is 1390. The van der Waals surface area contributed by atoms with Gasteiger partial charge in [-0.2, -0.15) is 0 Å². The Balaban J connectivity index is 1.76. The molecule has 0 aliphatic carbocycles. The number of amides is 1. The Labute approximate surface area is 227 Å². The topological polar surface area (TPSA) is 115 Å². The second kappa shape index (κ2) is 11.9. The summed E-state index contributed by atoms with van der Waals surface area (Å²) in [6, 6.07) is 7.82. The maximum absolute atomic E-state index is 13.5. The van der Waals surface area contributed by atoms with Gasteiger partial charge < -0.3 is 19.9 Å². The lowest BCUT2D eigenvalue weighted by atomic mass is 9.87. The van der Waals surface area contributed by atoms with Gasteiger partial charge in [-0.3, -0.25) is 18.7 Å². The molecule has 200 valence electrons. The molecule has 11 heteroatoms. The van der Waals surface area contributed by atoms with Crippen LogP contribution >= 0.6 is 27.3 Å². The van der Waals surface area contributed by atoms with Crippen LogP contribution in [0.5, 0.6) is 5.75 Å². The lowest BCUT2D eigenvalue weighted by Crippen LogP contribution is -2.43. The maximum Gasteiger partial charge on any atom is 0.332 e. The fourth-order valence-electron chi connectivity index (χ4n) is 4.85. The standard InChI is InChI=1S/C26H32BrN3O6S/c1-15(19(14-36-17-8-10-35-11-9-17)18-6-4-5-7-20(18)34-3)12-30-25-22(16(2)23(27)37-25)24(32)29(26(30)33)13-21(28)31/h4-7,15,17,19H,8-14H2,1-3H3,(H2,28,31). The zero-order valence-electron chi connectivity index (χ0n) is 21.2. The monoisotopic (exact) mass is 593 g/mol. The summed E-state index contributed by atoms with van der Waals surface area (Å²) < 4.78 is 20.8. The SMILES string of the molecule is COc1ccccc1C(COC1CCOCC1)C(C)Cn1c(=O)n(CC(N)=O)c(=O)c2c(C)c(Br)sc21. The number of carbonyl (C=O) groups excluding carboxylic acids is 1. The lowest BCUT2D eigenvalue weighted by molar-refractivity contribution is -0.118. The Hall–Kier alpha value is -2.47. The fourth-order valence-corrected chi connectivity index (χ4v) is 6.54. The smallest absolute Gasteiger partial charge is 0.332 e. The van der Waals surface area contributed by atoms with E-state index in [0.29, 0.717) is 36.6 Å². The molecule has 2 aromatic heterocycles. The van der Waals surface area contributed by atoms with Crippen LogP contribution in [0.4, 0.5) is 0 Å². The van der Waals surface area contributed by atoms with Crippen molar-refractivity contribution in [3.05, 3.63) is 60.0 Å². The predicted octanol–water partition coefficient (Wildman–Crippen LogP) is 3.41. The molecular weight excluding hydrogens is 562 g/mol. The van der Waals surface area contributed by atoms with Gasteiger partial charge in [0.2, 0.25) is 5.91 Å². The number of thiophene rings is 1. The number of aromatic nitrogens is 2. The van der Waals surface area contributed by atoms with Gasteiger partial charge in [0.25, 0.3) is 5.56 Å². The number of fused-ring (bicyclic) bond motifs is 1. The first-order valence-electron chi connectivity index (χ1n) is 12.3. The minimum atomic E-state index is -0.748. The average molecular weight is 595 g/mol. The summed E-state index contributed by atoms with van der Waals surface area (Å²) in [7, 11) is 1.64. The van der Waals surface area contributed by atoms with Crippen molar-refractivity contribution in [2.45, 2.75) is 51.8 Å². The number of ether oxygens (including phenoxy) is 3. The van der Waals surface area contributed by atoms with E-state index in [9.17, 15) is 14.4 Å². The molecule has 1 aliphatic heterocycles. The van der Waals surface area contributed by atoms with E-state index in [1.54, 1.807) is 11.7 Å². The van der Waals surface area contributed by atoms with E-state index < -0.39 is 23.7 Å². The summed E-state index contributed by atoms with van der Waals surface area (Å²) in [5.74, 6) is -0.178. The van der Waals surface area contributed by atoms with Gasteiger partial charge in [-0.1, -0.05) is 25.1 Å². The number of carbonyl (C=O) groups is 1. The van der Waals surface area contributed by atoms with Crippen molar-refractivity contribution in [2.24, 2.45) is 11.7 Å². The number of aryl methyl sites for hydroxylation is 1. The number of methoxy groups -OCH3 is 1. The number of benzene rings is 1. The Kier molecular flexibility index (Phi) is 8.89. The highest BCUT2D eigenvalue weighted by molar-refractivity contribution is 9.11. The van der Waals surface area contributed by atoms with Crippen molar-refractivity contribution < 1.29 is 19.0 Å². The van der Waals surface area contributed by atoms with Gasteiger partial charge in [-0.05, 0) is 58.8 Å². The second-order valence-electron chi connectivity index (χ2n) is 9.40. The molecule has 1 amide bonds. The van der Waals surface area contributed by atoms with Crippen LogP contribution < -0.4 is 21.7 Å². The summed E-state index contributed by atoms with van der Waals surface area (Å²) in [5, 5.41) is 0.414. The summed E-state index contributed by atoms with van der Waals surface area (Å²) in [5.41, 5.74) is 6.03. The molecule has 37 heavy (non-hydrogen) atoms. The maximum atomic E-state index is 13.5. The van der Waals surface area contributed by atoms with Crippen molar-refractivity contribution in [1.29, 1.82) is 0 Å². The number of rotatable bonds is 10. The third-order valence-electron chi connectivity index (χ3n) is 6.93. The molecule has 1 saturated heterocycles. The zero-order valence-corrected chi connectivity index (χ0v) is 23.6. The number of hydrogen-bond acceptors (Lipinski definition) is 7. The van der Waals surface area contributed by atoms with Crippen LogP contribution in [0.25, 0.3) is 10.2 Å². The number of primary amides is 1. The number of halogens is 1. The molecule has 4 rings (SSSR count). The second-order valence-corrected chi connectivity index (χ2v) is 11.7. The molecule has 3 heterocycles. The van der Waals surface area contributed by atoms with Gasteiger partial charge >= 0.3 is 5.69 Å². The Morgan fingerprint density at radius 1 is 1.24 bits per heavy atom. The molecule has 0 spiro atoms. The molecule has 2 atom stereocenters. The van der Waals surface area contributed by atoms with Gasteiger partial charge in [0.05, 0.1) is 29.0 Å². The molecule has 1 fully saturated rings. The molecule has 3 aromatic rings. The highest BCUT2D eigenvalue weighted by Gasteiger charge is 2.28. The quantitative estimate of drug-likeness (QED) is 0.385. The predicted molar refractivity (Wildman–Crippen MR) is 147 cm³/mol. The number of para-hydroxylation sites is 1. The lowest BCUT2D eigenvalue weighted by Gasteiger charge is -2.30. The molecule has 0 bridgehead atoms. The largest absolute Gasteiger partial charge is 0.496 e. The molecule has 1 aromatic carbocycles. The Morgan fingerprint density at radius 3 is 2.62 bits per heavy atom. The van der Waals surface area contributed by atoms with Crippen molar-refractivity contribution in [2.75, 3.05) is 26.9 Å². The van der Waals surface area contributed by atoms with E-state index >= 15 is 0 Å². The molecule has 1 aliphatic rings. The minimum absolute atomic E-state index is 0.0854. The third-order valence-corrected chi connectivity index (χ3v) is 9.11. The first-order valence-corrected chi connectivity index (χ1v) is 13.9. The average Bonchev–Trinajstić information content (AvgIpc) is 3.19. The zero-order chi connectivity index (χ0) is 26.7. The van der Waals surface area contributed by atoms with Crippen LogP contribution in [-0.2, 0) is 27.4 Å². The van der Waals surface area contributed by atoms with Crippen LogP contribution in [0.3, 0.4) is 0 Å². The highest BCUT2D eigenvalue weighted by atomic mass is 79.9. The van der Waals surface area contributed by atoms with Crippen LogP contribution in [0.15, 0.2) is 37.6 Å². The number of nitrogens with zero attached hydrogens (tertiary/aromatic N) is 2. The molecule has 9 nitrogen and oxygen atoms in total. The summed E-state index contributed by atoms with van der Waals surface area (Å²) in [6.45, 7) is 5.51. The Morgan fingerprint density at radius 2 is 1.95 bits per heavy atom. The van der Waals surface area contributed by atoms with Gasteiger partial charge in [-0.25, -0.2) is 4.79 Å². The summed E-state index contributed by atoms with van der Waals surface area (Å²) >= 11 is 4.85. The van der Waals surface area contributed by atoms with E-state index in [1.165, 1.54) is 11.3 Å². The van der Waals surface area contributed by atoms with Crippen molar-refractivity contribution in [1.82, 2.24) is 9.13 Å². The summed E-state index contributed by atoms with van der Waals surface area (Å²) in [4.78, 5) is 38.9. The molecule has 2 N–H and O–H groups in total. The van der Waals surface area contributed by atoms with Crippen LogP contribution in [0.2, 0.25) is 0 Å². The van der Waals surface area contributed by atoms with Crippen LogP contribution in [0.1, 0.15) is 36.8 Å². The van der Waals surface area contributed by atoms with Gasteiger partial charge in [0.1, 0.15) is 17.1 Å². The van der Waals surface area contributed by atoms with E-state index in [4.69, 9.17) is 19.9 Å². The minimum Gasteiger partial charge on any atom is -0.496 e. The van der Waals surface area contributed by atoms with Crippen molar-refractivity contribution >= 4 is 43.4 Å². The molecule has 0 radical (unpaired) electrons. The van der Waals surface area contributed by atoms with E-state index in [-0.39, 0.29) is 17.9 Å². The van der Waals surface area contributed by atoms with Gasteiger partial charge in [0.15, 0.2) is 0 Å². The highest BCUT2D eigenvalue weighted by Crippen LogP contribution is 2.36. The van der Waals surface area contributed by atoms with Gasteiger partial charge in [0, 0.05) is 25.7 Å². The normalized spacial score (nSPS) is 16.1. The van der Waals surface area contributed by atoms with Crippen molar-refractivity contribution in [3.8, 4) is 5.75 Å². The first kappa shape index (κ1) is 27.6. The summed E-state index contributed by atoms with van der Waals surface area (Å²) in [6.07, 6.45) is 1.79. The third kappa shape index (κ3) is 5.84. The molecular formula is C26H32BrN3O6S. The van der Waals surface area contributed by atoms with E-state index in [0.717, 1.165) is 38.1 Å². The number of nitrogens with two attached hydrogens (primary N) is 1. The van der Waals surface area contributed by atoms with Crippen LogP contribution in [-0.4, -0.2) is 48.1 Å². The van der Waals surface area contributed by atoms with E-state index in [1.807, 2.05) is 31.2 Å². The first-order chi connectivity index (χ1) is 17.7. The molecule has 0 saturated carbocycles.